The first-order chi connectivity index (χ1) is 14.1. The maximum Gasteiger partial charge on any atom is 0.331 e. The molecule has 8 nitrogen and oxygen atoms in total. The Hall–Kier alpha value is -3.17. The Morgan fingerprint density at radius 1 is 1.28 bits per heavy atom. The molecule has 1 unspecified atom stereocenters. The highest BCUT2D eigenvalue weighted by atomic mass is 32.1. The van der Waals surface area contributed by atoms with Crippen LogP contribution in [0.4, 0.5) is 21.9 Å². The number of benzene rings is 1. The molecule has 3 aromatic rings. The van der Waals surface area contributed by atoms with E-state index in [0.29, 0.717) is 26.8 Å². The van der Waals surface area contributed by atoms with E-state index in [2.05, 4.69) is 20.9 Å². The van der Waals surface area contributed by atoms with E-state index in [-0.39, 0.29) is 23.7 Å². The van der Waals surface area contributed by atoms with Crippen LogP contribution in [-0.4, -0.2) is 41.2 Å². The summed E-state index contributed by atoms with van der Waals surface area (Å²) in [5.74, 6) is -0.0699. The average molecular weight is 409 g/mol. The van der Waals surface area contributed by atoms with Crippen molar-refractivity contribution in [3.05, 3.63) is 41.4 Å². The molecular formula is C20H19N5O3S. The molecule has 0 saturated carbocycles. The molecule has 148 valence electrons. The minimum absolute atomic E-state index is 0.0777. The molecular weight excluding hydrogens is 390 g/mol. The van der Waals surface area contributed by atoms with Gasteiger partial charge in [0.05, 0.1) is 22.4 Å². The van der Waals surface area contributed by atoms with Gasteiger partial charge in [-0.2, -0.15) is 0 Å². The summed E-state index contributed by atoms with van der Waals surface area (Å²) >= 11 is 1.28. The van der Waals surface area contributed by atoms with E-state index < -0.39 is 0 Å². The van der Waals surface area contributed by atoms with Gasteiger partial charge in [0.15, 0.2) is 0 Å². The predicted molar refractivity (Wildman–Crippen MR) is 112 cm³/mol. The second-order valence-corrected chi connectivity index (χ2v) is 8.11. The van der Waals surface area contributed by atoms with Gasteiger partial charge in [-0.15, -0.1) is 11.3 Å². The molecule has 2 aliphatic heterocycles. The van der Waals surface area contributed by atoms with Crippen LogP contribution in [-0.2, 0) is 0 Å². The van der Waals surface area contributed by atoms with E-state index in [9.17, 15) is 14.7 Å². The number of urea groups is 1. The van der Waals surface area contributed by atoms with Crippen LogP contribution in [0.15, 0.2) is 36.5 Å². The number of hydrogen-bond acceptors (Lipinski definition) is 6. The van der Waals surface area contributed by atoms with E-state index in [1.54, 1.807) is 24.4 Å². The van der Waals surface area contributed by atoms with Crippen molar-refractivity contribution in [2.24, 2.45) is 0 Å². The highest BCUT2D eigenvalue weighted by molar-refractivity contribution is 7.21. The number of carbonyl (C=O) groups excluding carboxylic acids is 2. The quantitative estimate of drug-likeness (QED) is 0.532. The Kier molecular flexibility index (Phi) is 4.33. The maximum atomic E-state index is 12.9. The molecule has 1 fully saturated rings. The monoisotopic (exact) mass is 409 g/mol. The van der Waals surface area contributed by atoms with E-state index in [0.717, 1.165) is 31.3 Å². The SMILES string of the molecule is O=C(NC1CCCNC1)c1sc2nccc3c2c1NC(=O)N3c1ccc(O)cc1. The van der Waals surface area contributed by atoms with Gasteiger partial charge in [-0.05, 0) is 49.7 Å². The third-order valence-electron chi connectivity index (χ3n) is 5.19. The third kappa shape index (κ3) is 3.08. The number of phenolic OH excluding ortho intramolecular Hbond substituents is 1. The number of hydrogen-bond donors (Lipinski definition) is 4. The van der Waals surface area contributed by atoms with Gasteiger partial charge in [0.1, 0.15) is 15.5 Å². The zero-order valence-electron chi connectivity index (χ0n) is 15.4. The number of nitrogens with zero attached hydrogens (tertiary/aromatic N) is 2. The van der Waals surface area contributed by atoms with Crippen LogP contribution in [0.3, 0.4) is 0 Å². The highest BCUT2D eigenvalue weighted by Crippen LogP contribution is 2.45. The highest BCUT2D eigenvalue weighted by Gasteiger charge is 2.33. The molecule has 0 spiro atoms. The number of rotatable bonds is 3. The second-order valence-electron chi connectivity index (χ2n) is 7.12. The first-order valence-corrected chi connectivity index (χ1v) is 10.3. The van der Waals surface area contributed by atoms with Crippen LogP contribution in [0.5, 0.6) is 5.75 Å². The van der Waals surface area contributed by atoms with E-state index in [4.69, 9.17) is 0 Å². The molecule has 1 aromatic carbocycles. The number of piperidine rings is 1. The zero-order chi connectivity index (χ0) is 20.0. The minimum Gasteiger partial charge on any atom is -0.508 e. The summed E-state index contributed by atoms with van der Waals surface area (Å²) in [6.07, 6.45) is 3.59. The Bertz CT molecular complexity index is 1110. The lowest BCUT2D eigenvalue weighted by Crippen LogP contribution is -2.45. The first kappa shape index (κ1) is 17.9. The number of aromatic hydroxyl groups is 1. The average Bonchev–Trinajstić information content (AvgIpc) is 3.10. The summed E-state index contributed by atoms with van der Waals surface area (Å²) in [6.45, 7) is 1.72. The van der Waals surface area contributed by atoms with Gasteiger partial charge >= 0.3 is 6.03 Å². The lowest BCUT2D eigenvalue weighted by atomic mass is 10.1. The fourth-order valence-electron chi connectivity index (χ4n) is 3.83. The number of phenols is 1. The van der Waals surface area contributed by atoms with Gasteiger partial charge in [0, 0.05) is 18.8 Å². The van der Waals surface area contributed by atoms with Gasteiger partial charge in [0.2, 0.25) is 0 Å². The van der Waals surface area contributed by atoms with Crippen LogP contribution in [0.2, 0.25) is 0 Å². The first-order valence-electron chi connectivity index (χ1n) is 9.45. The lowest BCUT2D eigenvalue weighted by Gasteiger charge is -2.28. The van der Waals surface area contributed by atoms with Gasteiger partial charge in [0.25, 0.3) is 5.91 Å². The fourth-order valence-corrected chi connectivity index (χ4v) is 4.85. The molecule has 2 aromatic heterocycles. The normalized spacial score (nSPS) is 18.6. The predicted octanol–water partition coefficient (Wildman–Crippen LogP) is 3.17. The van der Waals surface area contributed by atoms with E-state index >= 15 is 0 Å². The Balaban J connectivity index is 1.56. The Morgan fingerprint density at radius 2 is 2.10 bits per heavy atom. The molecule has 4 N–H and O–H groups in total. The maximum absolute atomic E-state index is 12.9. The summed E-state index contributed by atoms with van der Waals surface area (Å²) in [4.78, 5) is 33.0. The molecule has 0 aliphatic carbocycles. The summed E-state index contributed by atoms with van der Waals surface area (Å²) in [5.41, 5.74) is 1.78. The number of pyridine rings is 1. The largest absolute Gasteiger partial charge is 0.508 e. The molecule has 0 radical (unpaired) electrons. The van der Waals surface area contributed by atoms with Crippen molar-refractivity contribution in [1.82, 2.24) is 15.6 Å². The van der Waals surface area contributed by atoms with Gasteiger partial charge in [-0.25, -0.2) is 9.78 Å². The van der Waals surface area contributed by atoms with Crippen molar-refractivity contribution in [3.63, 3.8) is 0 Å². The molecule has 4 heterocycles. The van der Waals surface area contributed by atoms with Crippen LogP contribution in [0.25, 0.3) is 10.2 Å². The van der Waals surface area contributed by atoms with Crippen molar-refractivity contribution in [2.75, 3.05) is 23.3 Å². The van der Waals surface area contributed by atoms with Crippen molar-refractivity contribution in [1.29, 1.82) is 0 Å². The van der Waals surface area contributed by atoms with Gasteiger partial charge in [-0.3, -0.25) is 9.69 Å². The molecule has 29 heavy (non-hydrogen) atoms. The molecule has 0 bridgehead atoms. The van der Waals surface area contributed by atoms with Crippen LogP contribution >= 0.6 is 11.3 Å². The molecule has 9 heteroatoms. The topological polar surface area (TPSA) is 107 Å². The summed E-state index contributed by atoms with van der Waals surface area (Å²) < 4.78 is 0. The Morgan fingerprint density at radius 3 is 2.86 bits per heavy atom. The third-order valence-corrected chi connectivity index (χ3v) is 6.29. The van der Waals surface area contributed by atoms with Crippen molar-refractivity contribution in [3.8, 4) is 5.75 Å². The van der Waals surface area contributed by atoms with Crippen molar-refractivity contribution in [2.45, 2.75) is 18.9 Å². The van der Waals surface area contributed by atoms with E-state index in [1.165, 1.54) is 28.4 Å². The lowest BCUT2D eigenvalue weighted by molar-refractivity contribution is 0.0935. The fraction of sp³-hybridized carbons (Fsp3) is 0.250. The number of thiophene rings is 1. The second kappa shape index (κ2) is 7.02. The summed E-state index contributed by atoms with van der Waals surface area (Å²) in [5, 5.41) is 19.5. The molecule has 3 amide bonds. The van der Waals surface area contributed by atoms with Gasteiger partial charge in [-0.1, -0.05) is 0 Å². The molecule has 1 atom stereocenters. The smallest absolute Gasteiger partial charge is 0.331 e. The Labute approximate surface area is 170 Å². The van der Waals surface area contributed by atoms with Crippen molar-refractivity contribution >= 4 is 50.6 Å². The molecule has 2 aliphatic rings. The van der Waals surface area contributed by atoms with Crippen LogP contribution in [0, 0.1) is 0 Å². The van der Waals surface area contributed by atoms with E-state index in [1.807, 2.05) is 0 Å². The number of nitrogens with one attached hydrogen (secondary N) is 3. The number of anilines is 3. The van der Waals surface area contributed by atoms with Gasteiger partial charge < -0.3 is 21.1 Å². The number of carbonyl (C=O) groups is 2. The zero-order valence-corrected chi connectivity index (χ0v) is 16.3. The van der Waals surface area contributed by atoms with Crippen LogP contribution < -0.4 is 20.9 Å². The number of amides is 3. The molecule has 1 saturated heterocycles. The number of aromatic nitrogens is 1. The summed E-state index contributed by atoms with van der Waals surface area (Å²) in [7, 11) is 0. The molecule has 5 rings (SSSR count). The minimum atomic E-state index is -0.359. The summed E-state index contributed by atoms with van der Waals surface area (Å²) in [6, 6.07) is 7.88. The standard InChI is InChI=1S/C20H19N5O3S/c26-13-5-3-12(4-6-13)25-14-7-9-22-19-15(14)16(24-20(25)28)17(29-19)18(27)23-11-2-1-8-21-10-11/h3-7,9,11,21,26H,1-2,8,10H2,(H,23,27)(H,24,28). The van der Waals surface area contributed by atoms with Crippen LogP contribution in [0.1, 0.15) is 22.5 Å². The van der Waals surface area contributed by atoms with Crippen molar-refractivity contribution < 1.29 is 14.7 Å².